The highest BCUT2D eigenvalue weighted by atomic mass is 19.1. The Balaban J connectivity index is 1.80. The number of carbonyl (C=O) groups excluding carboxylic acids is 1. The van der Waals surface area contributed by atoms with Gasteiger partial charge in [-0.1, -0.05) is 32.1 Å². The molecule has 1 saturated carbocycles. The fraction of sp³-hybridized carbons (Fsp3) is 0.533. The van der Waals surface area contributed by atoms with Crippen LogP contribution in [0.1, 0.15) is 48.9 Å². The number of nitrogens with two attached hydrogens (primary N) is 1. The molecule has 0 saturated heterocycles. The van der Waals surface area contributed by atoms with E-state index < -0.39 is 5.82 Å². The molecule has 0 unspecified atom stereocenters. The number of hydrogen-bond donors (Lipinski definition) is 2. The second-order valence-electron chi connectivity index (χ2n) is 5.28. The van der Waals surface area contributed by atoms with E-state index in [1.165, 1.54) is 50.3 Å². The van der Waals surface area contributed by atoms with Gasteiger partial charge in [-0.3, -0.25) is 4.79 Å². The Kier molecular flexibility index (Phi) is 4.77. The van der Waals surface area contributed by atoms with Crippen LogP contribution in [0, 0.1) is 11.7 Å². The summed E-state index contributed by atoms with van der Waals surface area (Å²) in [4.78, 5) is 11.9. The standard InChI is InChI=1S/C15H21FN2O/c16-12-6-7-13(14(17)10-12)15(19)18-9-8-11-4-2-1-3-5-11/h6-7,10-11H,1-5,8-9,17H2,(H,18,19). The van der Waals surface area contributed by atoms with Crippen molar-refractivity contribution in [3.05, 3.63) is 29.6 Å². The van der Waals surface area contributed by atoms with Crippen LogP contribution < -0.4 is 11.1 Å². The van der Waals surface area contributed by atoms with Gasteiger partial charge in [0.05, 0.1) is 5.56 Å². The lowest BCUT2D eigenvalue weighted by Gasteiger charge is -2.21. The maximum atomic E-state index is 12.9. The van der Waals surface area contributed by atoms with Gasteiger partial charge in [0.15, 0.2) is 0 Å². The van der Waals surface area contributed by atoms with E-state index in [4.69, 9.17) is 5.73 Å². The van der Waals surface area contributed by atoms with Crippen LogP contribution >= 0.6 is 0 Å². The first-order valence-corrected chi connectivity index (χ1v) is 7.00. The molecule has 19 heavy (non-hydrogen) atoms. The molecule has 0 spiro atoms. The molecule has 0 bridgehead atoms. The highest BCUT2D eigenvalue weighted by molar-refractivity contribution is 5.99. The topological polar surface area (TPSA) is 55.1 Å². The van der Waals surface area contributed by atoms with E-state index in [0.29, 0.717) is 12.1 Å². The van der Waals surface area contributed by atoms with Crippen molar-refractivity contribution in [3.8, 4) is 0 Å². The van der Waals surface area contributed by atoms with Gasteiger partial charge in [0.1, 0.15) is 5.82 Å². The molecule has 1 aromatic rings. The van der Waals surface area contributed by atoms with Crippen molar-refractivity contribution >= 4 is 11.6 Å². The lowest BCUT2D eigenvalue weighted by Crippen LogP contribution is -2.27. The lowest BCUT2D eigenvalue weighted by molar-refractivity contribution is 0.0951. The largest absolute Gasteiger partial charge is 0.398 e. The number of amides is 1. The van der Waals surface area contributed by atoms with E-state index in [1.807, 2.05) is 0 Å². The summed E-state index contributed by atoms with van der Waals surface area (Å²) in [5.74, 6) is 0.101. The summed E-state index contributed by atoms with van der Waals surface area (Å²) in [5.41, 5.74) is 6.18. The van der Waals surface area contributed by atoms with Crippen molar-refractivity contribution in [2.24, 2.45) is 5.92 Å². The zero-order valence-corrected chi connectivity index (χ0v) is 11.1. The number of anilines is 1. The van der Waals surface area contributed by atoms with Gasteiger partial charge in [-0.2, -0.15) is 0 Å². The highest BCUT2D eigenvalue weighted by Crippen LogP contribution is 2.25. The molecule has 104 valence electrons. The van der Waals surface area contributed by atoms with Crippen LogP contribution in [0.5, 0.6) is 0 Å². The van der Waals surface area contributed by atoms with Crippen molar-refractivity contribution in [1.29, 1.82) is 0 Å². The monoisotopic (exact) mass is 264 g/mol. The number of nitrogens with one attached hydrogen (secondary N) is 1. The van der Waals surface area contributed by atoms with E-state index in [-0.39, 0.29) is 11.6 Å². The third-order valence-corrected chi connectivity index (χ3v) is 3.82. The van der Waals surface area contributed by atoms with Crippen molar-refractivity contribution in [3.63, 3.8) is 0 Å². The van der Waals surface area contributed by atoms with Gasteiger partial charge >= 0.3 is 0 Å². The van der Waals surface area contributed by atoms with E-state index in [9.17, 15) is 9.18 Å². The van der Waals surface area contributed by atoms with Gasteiger partial charge in [-0.05, 0) is 30.5 Å². The summed E-state index contributed by atoms with van der Waals surface area (Å²) < 4.78 is 12.9. The maximum absolute atomic E-state index is 12.9. The fourth-order valence-corrected chi connectivity index (χ4v) is 2.70. The molecule has 4 heteroatoms. The maximum Gasteiger partial charge on any atom is 0.253 e. The van der Waals surface area contributed by atoms with Gasteiger partial charge in [0.25, 0.3) is 5.91 Å². The number of benzene rings is 1. The van der Waals surface area contributed by atoms with Crippen molar-refractivity contribution in [2.75, 3.05) is 12.3 Å². The SMILES string of the molecule is Nc1cc(F)ccc1C(=O)NCCC1CCCCC1. The molecule has 0 radical (unpaired) electrons. The molecule has 0 aromatic heterocycles. The van der Waals surface area contributed by atoms with Crippen LogP contribution in [-0.4, -0.2) is 12.5 Å². The quantitative estimate of drug-likeness (QED) is 0.821. The van der Waals surface area contributed by atoms with Gasteiger partial charge in [-0.25, -0.2) is 4.39 Å². The summed E-state index contributed by atoms with van der Waals surface area (Å²) >= 11 is 0. The van der Waals surface area contributed by atoms with Crippen LogP contribution in [0.3, 0.4) is 0 Å². The third kappa shape index (κ3) is 3.94. The van der Waals surface area contributed by atoms with Crippen LogP contribution in [0.15, 0.2) is 18.2 Å². The summed E-state index contributed by atoms with van der Waals surface area (Å²) in [6.45, 7) is 0.667. The van der Waals surface area contributed by atoms with Crippen LogP contribution in [0.4, 0.5) is 10.1 Å². The minimum atomic E-state index is -0.420. The molecule has 1 amide bonds. The van der Waals surface area contributed by atoms with E-state index in [2.05, 4.69) is 5.32 Å². The Bertz CT molecular complexity index is 442. The summed E-state index contributed by atoms with van der Waals surface area (Å²) in [6, 6.07) is 3.86. The van der Waals surface area contributed by atoms with E-state index >= 15 is 0 Å². The third-order valence-electron chi connectivity index (χ3n) is 3.82. The zero-order chi connectivity index (χ0) is 13.7. The second-order valence-corrected chi connectivity index (χ2v) is 5.28. The van der Waals surface area contributed by atoms with Gasteiger partial charge < -0.3 is 11.1 Å². The molecule has 0 aliphatic heterocycles. The predicted octanol–water partition coefficient (Wildman–Crippen LogP) is 3.11. The Morgan fingerprint density at radius 3 is 2.74 bits per heavy atom. The number of halogens is 1. The van der Waals surface area contributed by atoms with Crippen LogP contribution in [0.2, 0.25) is 0 Å². The molecule has 1 fully saturated rings. The smallest absolute Gasteiger partial charge is 0.253 e. The highest BCUT2D eigenvalue weighted by Gasteiger charge is 2.14. The molecule has 3 N–H and O–H groups in total. The number of nitrogen functional groups attached to an aromatic ring is 1. The molecule has 0 heterocycles. The van der Waals surface area contributed by atoms with Crippen molar-refractivity contribution < 1.29 is 9.18 Å². The Labute approximate surface area is 113 Å². The molecule has 0 atom stereocenters. The molecule has 2 rings (SSSR count). The lowest BCUT2D eigenvalue weighted by atomic mass is 9.87. The first-order valence-electron chi connectivity index (χ1n) is 7.00. The molecule has 3 nitrogen and oxygen atoms in total. The molecular weight excluding hydrogens is 243 g/mol. The normalized spacial score (nSPS) is 16.3. The molecule has 1 aliphatic rings. The second kappa shape index (κ2) is 6.55. The van der Waals surface area contributed by atoms with Gasteiger partial charge in [0.2, 0.25) is 0 Å². The van der Waals surface area contributed by atoms with Gasteiger partial charge in [0, 0.05) is 12.2 Å². The van der Waals surface area contributed by atoms with Crippen molar-refractivity contribution in [1.82, 2.24) is 5.32 Å². The Morgan fingerprint density at radius 2 is 2.05 bits per heavy atom. The number of hydrogen-bond acceptors (Lipinski definition) is 2. The predicted molar refractivity (Wildman–Crippen MR) is 74.3 cm³/mol. The zero-order valence-electron chi connectivity index (χ0n) is 11.1. The van der Waals surface area contributed by atoms with Crippen LogP contribution in [0.25, 0.3) is 0 Å². The first kappa shape index (κ1) is 13.8. The van der Waals surface area contributed by atoms with Gasteiger partial charge in [-0.15, -0.1) is 0 Å². The minimum absolute atomic E-state index is 0.190. The Hall–Kier alpha value is -1.58. The molecule has 1 aliphatic carbocycles. The number of carbonyl (C=O) groups is 1. The Morgan fingerprint density at radius 1 is 1.32 bits per heavy atom. The molecule has 1 aromatic carbocycles. The first-order chi connectivity index (χ1) is 9.16. The van der Waals surface area contributed by atoms with E-state index in [0.717, 1.165) is 12.3 Å². The van der Waals surface area contributed by atoms with Crippen LogP contribution in [-0.2, 0) is 0 Å². The average molecular weight is 264 g/mol. The summed E-state index contributed by atoms with van der Waals surface area (Å²) in [7, 11) is 0. The average Bonchev–Trinajstić information content (AvgIpc) is 2.39. The molecular formula is C15H21FN2O. The summed E-state index contributed by atoms with van der Waals surface area (Å²) in [6.07, 6.45) is 7.53. The van der Waals surface area contributed by atoms with Crippen molar-refractivity contribution in [2.45, 2.75) is 38.5 Å². The summed E-state index contributed by atoms with van der Waals surface area (Å²) in [5, 5.41) is 2.87. The fourth-order valence-electron chi connectivity index (χ4n) is 2.70. The minimum Gasteiger partial charge on any atom is -0.398 e. The van der Waals surface area contributed by atoms with E-state index in [1.54, 1.807) is 0 Å². The number of rotatable bonds is 4.